The van der Waals surface area contributed by atoms with Gasteiger partial charge in [-0.25, -0.2) is 8.42 Å². The minimum absolute atomic E-state index is 0.0209. The predicted molar refractivity (Wildman–Crippen MR) is 68.6 cm³/mol. The summed E-state index contributed by atoms with van der Waals surface area (Å²) >= 11 is 0. The Bertz CT molecular complexity index is 399. The Morgan fingerprint density at radius 3 is 2.56 bits per heavy atom. The molecular weight excluding hydrogens is 256 g/mol. The van der Waals surface area contributed by atoms with Crippen LogP contribution in [0.3, 0.4) is 0 Å². The van der Waals surface area contributed by atoms with E-state index in [0.29, 0.717) is 32.8 Å². The van der Waals surface area contributed by atoms with Crippen molar-refractivity contribution in [3.8, 4) is 0 Å². The third-order valence-electron chi connectivity index (χ3n) is 2.54. The SMILES string of the molecule is C=C(C)CNC(=O)CCS(=O)(=O)N1CCOCC1. The average Bonchev–Trinajstić information content (AvgIpc) is 2.35. The van der Waals surface area contributed by atoms with E-state index in [4.69, 9.17) is 4.74 Å². The first-order chi connectivity index (χ1) is 8.42. The molecule has 0 atom stereocenters. The van der Waals surface area contributed by atoms with E-state index in [1.165, 1.54) is 4.31 Å². The van der Waals surface area contributed by atoms with E-state index in [-0.39, 0.29) is 18.1 Å². The molecule has 1 aliphatic heterocycles. The molecule has 1 aliphatic rings. The van der Waals surface area contributed by atoms with Gasteiger partial charge in [-0.05, 0) is 6.92 Å². The summed E-state index contributed by atoms with van der Waals surface area (Å²) < 4.78 is 30.3. The Labute approximate surface area is 108 Å². The molecule has 7 heteroatoms. The largest absolute Gasteiger partial charge is 0.379 e. The fourth-order valence-corrected chi connectivity index (χ4v) is 2.92. The molecule has 0 bridgehead atoms. The summed E-state index contributed by atoms with van der Waals surface area (Å²) in [6, 6.07) is 0. The molecule has 0 aromatic carbocycles. The third-order valence-corrected chi connectivity index (χ3v) is 4.41. The van der Waals surface area contributed by atoms with Crippen molar-refractivity contribution in [3.63, 3.8) is 0 Å². The Morgan fingerprint density at radius 1 is 1.39 bits per heavy atom. The maximum absolute atomic E-state index is 11.9. The summed E-state index contributed by atoms with van der Waals surface area (Å²) in [6.07, 6.45) is -0.0209. The lowest BCUT2D eigenvalue weighted by atomic mass is 10.3. The van der Waals surface area contributed by atoms with Crippen LogP contribution in [0.2, 0.25) is 0 Å². The van der Waals surface area contributed by atoms with E-state index in [0.717, 1.165) is 5.57 Å². The van der Waals surface area contributed by atoms with Crippen LogP contribution in [0.1, 0.15) is 13.3 Å². The summed E-state index contributed by atoms with van der Waals surface area (Å²) in [6.45, 7) is 7.41. The molecule has 0 spiro atoms. The van der Waals surface area contributed by atoms with Gasteiger partial charge in [-0.1, -0.05) is 12.2 Å². The highest BCUT2D eigenvalue weighted by atomic mass is 32.2. The first-order valence-electron chi connectivity index (χ1n) is 5.88. The highest BCUT2D eigenvalue weighted by molar-refractivity contribution is 7.89. The van der Waals surface area contributed by atoms with Gasteiger partial charge in [-0.2, -0.15) is 4.31 Å². The van der Waals surface area contributed by atoms with Crippen LogP contribution in [0.4, 0.5) is 0 Å². The second kappa shape index (κ2) is 6.86. The van der Waals surface area contributed by atoms with Crippen LogP contribution in [-0.4, -0.2) is 57.2 Å². The molecule has 6 nitrogen and oxygen atoms in total. The maximum atomic E-state index is 11.9. The second-order valence-corrected chi connectivity index (χ2v) is 6.40. The van der Waals surface area contributed by atoms with Crippen molar-refractivity contribution in [1.29, 1.82) is 0 Å². The number of nitrogens with zero attached hydrogens (tertiary/aromatic N) is 1. The van der Waals surface area contributed by atoms with Gasteiger partial charge < -0.3 is 10.1 Å². The van der Waals surface area contributed by atoms with Gasteiger partial charge in [0.1, 0.15) is 0 Å². The standard InChI is InChI=1S/C11H20N2O4S/c1-10(2)9-12-11(14)3-8-18(15,16)13-4-6-17-7-5-13/h1,3-9H2,2H3,(H,12,14). The van der Waals surface area contributed by atoms with Gasteiger partial charge in [0, 0.05) is 26.1 Å². The summed E-state index contributed by atoms with van der Waals surface area (Å²) in [7, 11) is -3.35. The van der Waals surface area contributed by atoms with E-state index in [1.54, 1.807) is 6.92 Å². The molecule has 1 fully saturated rings. The zero-order valence-electron chi connectivity index (χ0n) is 10.6. The molecule has 0 aromatic heterocycles. The molecule has 0 radical (unpaired) electrons. The van der Waals surface area contributed by atoms with E-state index < -0.39 is 10.0 Å². The Kier molecular flexibility index (Phi) is 5.77. The third kappa shape index (κ3) is 5.16. The average molecular weight is 276 g/mol. The van der Waals surface area contributed by atoms with Crippen molar-refractivity contribution in [1.82, 2.24) is 9.62 Å². The minimum Gasteiger partial charge on any atom is -0.379 e. The summed E-state index contributed by atoms with van der Waals surface area (Å²) in [5.74, 6) is -0.426. The summed E-state index contributed by atoms with van der Waals surface area (Å²) in [5, 5.41) is 2.61. The van der Waals surface area contributed by atoms with Gasteiger partial charge in [-0.3, -0.25) is 4.79 Å². The number of carbonyl (C=O) groups is 1. The lowest BCUT2D eigenvalue weighted by molar-refractivity contribution is -0.120. The zero-order valence-corrected chi connectivity index (χ0v) is 11.5. The fraction of sp³-hybridized carbons (Fsp3) is 0.727. The highest BCUT2D eigenvalue weighted by Gasteiger charge is 2.24. The van der Waals surface area contributed by atoms with Crippen molar-refractivity contribution in [2.75, 3.05) is 38.6 Å². The number of carbonyl (C=O) groups excluding carboxylic acids is 1. The maximum Gasteiger partial charge on any atom is 0.221 e. The molecule has 1 saturated heterocycles. The monoisotopic (exact) mass is 276 g/mol. The van der Waals surface area contributed by atoms with Crippen LogP contribution in [0.25, 0.3) is 0 Å². The number of hydrogen-bond acceptors (Lipinski definition) is 4. The number of sulfonamides is 1. The molecule has 1 N–H and O–H groups in total. The summed E-state index contributed by atoms with van der Waals surface area (Å²) in [5.41, 5.74) is 0.833. The van der Waals surface area contributed by atoms with Crippen LogP contribution in [0, 0.1) is 0 Å². The first kappa shape index (κ1) is 15.1. The van der Waals surface area contributed by atoms with Crippen LogP contribution in [0.15, 0.2) is 12.2 Å². The van der Waals surface area contributed by atoms with Crippen molar-refractivity contribution < 1.29 is 17.9 Å². The van der Waals surface area contributed by atoms with E-state index >= 15 is 0 Å². The molecule has 18 heavy (non-hydrogen) atoms. The van der Waals surface area contributed by atoms with Gasteiger partial charge in [0.25, 0.3) is 0 Å². The molecule has 1 rings (SSSR count). The van der Waals surface area contributed by atoms with Crippen LogP contribution in [-0.2, 0) is 19.6 Å². The Morgan fingerprint density at radius 2 is 2.00 bits per heavy atom. The molecular formula is C11H20N2O4S. The van der Waals surface area contributed by atoms with Crippen LogP contribution < -0.4 is 5.32 Å². The van der Waals surface area contributed by atoms with Crippen molar-refractivity contribution in [3.05, 3.63) is 12.2 Å². The van der Waals surface area contributed by atoms with Crippen molar-refractivity contribution in [2.45, 2.75) is 13.3 Å². The number of hydrogen-bond donors (Lipinski definition) is 1. The minimum atomic E-state index is -3.35. The quantitative estimate of drug-likeness (QED) is 0.678. The van der Waals surface area contributed by atoms with Crippen molar-refractivity contribution in [2.24, 2.45) is 0 Å². The van der Waals surface area contributed by atoms with Gasteiger partial charge in [-0.15, -0.1) is 0 Å². The van der Waals surface area contributed by atoms with Gasteiger partial charge in [0.05, 0.1) is 19.0 Å². The smallest absolute Gasteiger partial charge is 0.221 e. The number of nitrogens with one attached hydrogen (secondary N) is 1. The number of rotatable bonds is 6. The van der Waals surface area contributed by atoms with E-state index in [1.807, 2.05) is 0 Å². The Hall–Kier alpha value is -0.920. The Balaban J connectivity index is 2.36. The van der Waals surface area contributed by atoms with Gasteiger partial charge in [0.15, 0.2) is 0 Å². The number of amides is 1. The molecule has 0 aromatic rings. The van der Waals surface area contributed by atoms with Gasteiger partial charge in [0.2, 0.25) is 15.9 Å². The molecule has 1 heterocycles. The normalized spacial score (nSPS) is 17.4. The van der Waals surface area contributed by atoms with Crippen molar-refractivity contribution >= 4 is 15.9 Å². The topological polar surface area (TPSA) is 75.7 Å². The molecule has 0 aliphatic carbocycles. The van der Waals surface area contributed by atoms with Gasteiger partial charge >= 0.3 is 0 Å². The van der Waals surface area contributed by atoms with E-state index in [2.05, 4.69) is 11.9 Å². The number of ether oxygens (including phenoxy) is 1. The zero-order chi connectivity index (χ0) is 13.6. The molecule has 104 valence electrons. The second-order valence-electron chi connectivity index (χ2n) is 4.31. The molecule has 0 saturated carbocycles. The fourth-order valence-electron chi connectivity index (χ4n) is 1.51. The predicted octanol–water partition coefficient (Wildman–Crippen LogP) is -0.269. The number of morpholine rings is 1. The van der Waals surface area contributed by atoms with Crippen LogP contribution in [0.5, 0.6) is 0 Å². The molecule has 1 amide bonds. The molecule has 0 unspecified atom stereocenters. The summed E-state index contributed by atoms with van der Waals surface area (Å²) in [4.78, 5) is 11.4. The van der Waals surface area contributed by atoms with E-state index in [9.17, 15) is 13.2 Å². The highest BCUT2D eigenvalue weighted by Crippen LogP contribution is 2.06. The first-order valence-corrected chi connectivity index (χ1v) is 7.49. The van der Waals surface area contributed by atoms with Crippen LogP contribution >= 0.6 is 0 Å². The lowest BCUT2D eigenvalue weighted by Gasteiger charge is -2.25. The lowest BCUT2D eigenvalue weighted by Crippen LogP contribution is -2.42.